The van der Waals surface area contributed by atoms with Crippen LogP contribution in [0.1, 0.15) is 18.7 Å². The molecule has 0 aliphatic carbocycles. The topological polar surface area (TPSA) is 61.4 Å². The van der Waals surface area contributed by atoms with Crippen molar-refractivity contribution in [3.8, 4) is 0 Å². The van der Waals surface area contributed by atoms with Gasteiger partial charge in [-0.1, -0.05) is 6.07 Å². The Labute approximate surface area is 116 Å². The van der Waals surface area contributed by atoms with Crippen molar-refractivity contribution < 1.29 is 9.90 Å². The van der Waals surface area contributed by atoms with Gasteiger partial charge in [-0.25, -0.2) is 4.79 Å². The molecule has 0 aromatic carbocycles. The minimum Gasteiger partial charge on any atom is -0.383 e. The molecule has 1 heterocycles. The number of hydrogen-bond acceptors (Lipinski definition) is 4. The molecule has 0 aliphatic rings. The van der Waals surface area contributed by atoms with Crippen LogP contribution in [0.15, 0.2) is 17.5 Å². The van der Waals surface area contributed by atoms with Crippen LogP contribution in [-0.2, 0) is 5.60 Å². The van der Waals surface area contributed by atoms with Crippen LogP contribution >= 0.6 is 23.1 Å². The second-order valence-electron chi connectivity index (χ2n) is 4.43. The molecule has 18 heavy (non-hydrogen) atoms. The summed E-state index contributed by atoms with van der Waals surface area (Å²) >= 11 is 3.16. The molecule has 1 aromatic heterocycles. The lowest BCUT2D eigenvalue weighted by atomic mass is 10.1. The highest BCUT2D eigenvalue weighted by atomic mass is 32.2. The van der Waals surface area contributed by atoms with Crippen molar-refractivity contribution in [1.82, 2.24) is 10.6 Å². The van der Waals surface area contributed by atoms with Crippen molar-refractivity contribution in [3.05, 3.63) is 22.4 Å². The Hall–Kier alpha value is -0.720. The molecule has 4 nitrogen and oxygen atoms in total. The van der Waals surface area contributed by atoms with Gasteiger partial charge in [-0.3, -0.25) is 0 Å². The van der Waals surface area contributed by atoms with Gasteiger partial charge in [0.05, 0.1) is 6.54 Å². The van der Waals surface area contributed by atoms with Gasteiger partial charge in [0.1, 0.15) is 5.60 Å². The molecule has 0 radical (unpaired) electrons. The smallest absolute Gasteiger partial charge is 0.315 e. The lowest BCUT2D eigenvalue weighted by Gasteiger charge is -2.23. The number of carbonyl (C=O) groups excluding carboxylic acids is 1. The highest BCUT2D eigenvalue weighted by molar-refractivity contribution is 7.98. The highest BCUT2D eigenvalue weighted by Crippen LogP contribution is 2.24. The average molecular weight is 288 g/mol. The zero-order valence-corrected chi connectivity index (χ0v) is 12.5. The maximum atomic E-state index is 11.6. The van der Waals surface area contributed by atoms with Crippen LogP contribution in [0, 0.1) is 0 Å². The van der Waals surface area contributed by atoms with Gasteiger partial charge >= 0.3 is 6.03 Å². The van der Waals surface area contributed by atoms with Crippen LogP contribution in [0.3, 0.4) is 0 Å². The summed E-state index contributed by atoms with van der Waals surface area (Å²) in [5.41, 5.74) is -1.02. The quantitative estimate of drug-likeness (QED) is 0.750. The number of rotatable bonds is 6. The summed E-state index contributed by atoms with van der Waals surface area (Å²) < 4.78 is 0. The van der Waals surface area contributed by atoms with Gasteiger partial charge < -0.3 is 15.7 Å². The SMILES string of the molecule is CSC[C@@H](C)NC(=O)NC[C@](C)(O)c1cccs1. The van der Waals surface area contributed by atoms with Gasteiger partial charge in [0.25, 0.3) is 0 Å². The van der Waals surface area contributed by atoms with Crippen LogP contribution in [0.4, 0.5) is 4.79 Å². The van der Waals surface area contributed by atoms with E-state index in [1.165, 1.54) is 11.3 Å². The first-order chi connectivity index (χ1) is 8.45. The van der Waals surface area contributed by atoms with Crippen molar-refractivity contribution >= 4 is 29.1 Å². The molecule has 0 spiro atoms. The first-order valence-electron chi connectivity index (χ1n) is 5.75. The third-order valence-corrected chi connectivity index (χ3v) is 4.40. The highest BCUT2D eigenvalue weighted by Gasteiger charge is 2.24. The van der Waals surface area contributed by atoms with E-state index in [4.69, 9.17) is 0 Å². The summed E-state index contributed by atoms with van der Waals surface area (Å²) in [6.07, 6.45) is 2.00. The molecule has 2 amide bonds. The maximum absolute atomic E-state index is 11.6. The zero-order valence-electron chi connectivity index (χ0n) is 10.9. The van der Waals surface area contributed by atoms with Crippen molar-refractivity contribution in [3.63, 3.8) is 0 Å². The Balaban J connectivity index is 2.38. The van der Waals surface area contributed by atoms with Crippen LogP contribution in [-0.4, -0.2) is 35.7 Å². The average Bonchev–Trinajstić information content (AvgIpc) is 2.81. The van der Waals surface area contributed by atoms with Gasteiger partial charge in [0, 0.05) is 16.7 Å². The van der Waals surface area contributed by atoms with E-state index >= 15 is 0 Å². The van der Waals surface area contributed by atoms with E-state index in [2.05, 4.69) is 10.6 Å². The molecule has 1 aromatic rings. The summed E-state index contributed by atoms with van der Waals surface area (Å²) in [5, 5.41) is 17.6. The van der Waals surface area contributed by atoms with Crippen LogP contribution in [0.25, 0.3) is 0 Å². The molecular formula is C12H20N2O2S2. The lowest BCUT2D eigenvalue weighted by Crippen LogP contribution is -2.46. The first-order valence-corrected chi connectivity index (χ1v) is 8.02. The number of carbonyl (C=O) groups is 1. The van der Waals surface area contributed by atoms with Crippen molar-refractivity contribution in [2.45, 2.75) is 25.5 Å². The minimum atomic E-state index is -1.02. The van der Waals surface area contributed by atoms with Crippen molar-refractivity contribution in [2.75, 3.05) is 18.6 Å². The molecule has 0 saturated heterocycles. The number of urea groups is 1. The van der Waals surface area contributed by atoms with E-state index in [-0.39, 0.29) is 18.6 Å². The number of amides is 2. The van der Waals surface area contributed by atoms with Crippen molar-refractivity contribution in [2.24, 2.45) is 0 Å². The number of aliphatic hydroxyl groups is 1. The number of thioether (sulfide) groups is 1. The summed E-state index contributed by atoms with van der Waals surface area (Å²) in [6.45, 7) is 3.85. The third kappa shape index (κ3) is 4.88. The minimum absolute atomic E-state index is 0.117. The first kappa shape index (κ1) is 15.3. The van der Waals surface area contributed by atoms with E-state index in [1.54, 1.807) is 18.7 Å². The van der Waals surface area contributed by atoms with Gasteiger partial charge in [-0.2, -0.15) is 11.8 Å². The fourth-order valence-corrected chi connectivity index (χ4v) is 2.86. The lowest BCUT2D eigenvalue weighted by molar-refractivity contribution is 0.0630. The third-order valence-electron chi connectivity index (χ3n) is 2.44. The van der Waals surface area contributed by atoms with E-state index in [9.17, 15) is 9.90 Å². The largest absolute Gasteiger partial charge is 0.383 e. The predicted molar refractivity (Wildman–Crippen MR) is 78.3 cm³/mol. The van der Waals surface area contributed by atoms with Gasteiger partial charge in [0.15, 0.2) is 0 Å². The normalized spacial score (nSPS) is 15.8. The van der Waals surface area contributed by atoms with E-state index in [0.29, 0.717) is 0 Å². The molecule has 0 unspecified atom stereocenters. The monoisotopic (exact) mass is 288 g/mol. The van der Waals surface area contributed by atoms with Crippen LogP contribution in [0.5, 0.6) is 0 Å². The molecule has 0 fully saturated rings. The van der Waals surface area contributed by atoms with E-state index in [1.807, 2.05) is 30.7 Å². The van der Waals surface area contributed by atoms with Gasteiger partial charge in [-0.15, -0.1) is 11.3 Å². The Bertz CT molecular complexity index is 366. The second kappa shape index (κ2) is 7.01. The molecule has 3 N–H and O–H groups in total. The molecule has 6 heteroatoms. The predicted octanol–water partition coefficient (Wildman–Crippen LogP) is 2.01. The summed E-state index contributed by atoms with van der Waals surface area (Å²) in [4.78, 5) is 12.5. The molecule has 0 saturated carbocycles. The molecular weight excluding hydrogens is 268 g/mol. The molecule has 0 bridgehead atoms. The van der Waals surface area contributed by atoms with Gasteiger partial charge in [-0.05, 0) is 31.5 Å². The summed E-state index contributed by atoms with van der Waals surface area (Å²) in [6, 6.07) is 3.62. The van der Waals surface area contributed by atoms with Crippen LogP contribution < -0.4 is 10.6 Å². The maximum Gasteiger partial charge on any atom is 0.315 e. The molecule has 2 atom stereocenters. The fourth-order valence-electron chi connectivity index (χ4n) is 1.49. The van der Waals surface area contributed by atoms with Crippen LogP contribution in [0.2, 0.25) is 0 Å². The second-order valence-corrected chi connectivity index (χ2v) is 6.29. The Morgan fingerprint density at radius 2 is 2.39 bits per heavy atom. The molecule has 1 rings (SSSR count). The molecule has 0 aliphatic heterocycles. The summed E-state index contributed by atoms with van der Waals surface area (Å²) in [5.74, 6) is 0.870. The standard InChI is InChI=1S/C12H20N2O2S2/c1-9(7-17-3)14-11(15)13-8-12(2,16)10-5-4-6-18-10/h4-6,9,16H,7-8H2,1-3H3,(H2,13,14,15)/t9-,12+/m1/s1. The Morgan fingerprint density at radius 1 is 1.67 bits per heavy atom. The number of nitrogens with one attached hydrogen (secondary N) is 2. The number of hydrogen-bond donors (Lipinski definition) is 3. The molecule has 102 valence electrons. The van der Waals surface area contributed by atoms with E-state index < -0.39 is 5.60 Å². The zero-order chi connectivity index (χ0) is 13.6. The van der Waals surface area contributed by atoms with Crippen molar-refractivity contribution in [1.29, 1.82) is 0 Å². The summed E-state index contributed by atoms with van der Waals surface area (Å²) in [7, 11) is 0. The van der Waals surface area contributed by atoms with E-state index in [0.717, 1.165) is 10.6 Å². The Morgan fingerprint density at radius 3 is 2.94 bits per heavy atom. The van der Waals surface area contributed by atoms with Gasteiger partial charge in [0.2, 0.25) is 0 Å². The number of thiophene rings is 1. The Kier molecular flexibility index (Phi) is 5.98. The fraction of sp³-hybridized carbons (Fsp3) is 0.583.